The van der Waals surface area contributed by atoms with Gasteiger partial charge in [0, 0.05) is 21.0 Å². The van der Waals surface area contributed by atoms with Crippen molar-refractivity contribution >= 4 is 77.8 Å². The first-order valence-corrected chi connectivity index (χ1v) is 16.5. The fourth-order valence-electron chi connectivity index (χ4n) is 6.65. The Bertz CT molecular complexity index is 2240. The van der Waals surface area contributed by atoms with E-state index in [2.05, 4.69) is 130 Å². The van der Waals surface area contributed by atoms with Gasteiger partial charge in [-0.2, -0.15) is 0 Å². The standard InChI is InChI=1S/C39H37BN2S/c1-38(2,3)39(4,5)23-40-28-17-14-25(15-18-28)33-22-31-30-20-26-11-6-7-12-27(26)21-34(30)43-36(31)37-41-35-29-13-9-8-10-24(29)16-19-32(35)42(33)37/h6-7,9,11-22,40H,8,10,23H2,1-5H3. The zero-order chi connectivity index (χ0) is 29.5. The van der Waals surface area contributed by atoms with Crippen molar-refractivity contribution in [3.05, 3.63) is 96.1 Å². The summed E-state index contributed by atoms with van der Waals surface area (Å²) in [6.07, 6.45) is 7.94. The van der Waals surface area contributed by atoms with Gasteiger partial charge >= 0.3 is 0 Å². The zero-order valence-corrected chi connectivity index (χ0v) is 26.6. The van der Waals surface area contributed by atoms with Crippen LogP contribution in [0.25, 0.3) is 65.0 Å². The smallest absolute Gasteiger partial charge is 0.158 e. The van der Waals surface area contributed by atoms with Gasteiger partial charge in [0.05, 0.1) is 21.4 Å². The van der Waals surface area contributed by atoms with E-state index in [1.807, 2.05) is 11.3 Å². The lowest BCUT2D eigenvalue weighted by atomic mass is 9.53. The highest BCUT2D eigenvalue weighted by molar-refractivity contribution is 7.26. The average Bonchev–Trinajstić information content (AvgIpc) is 3.57. The molecular formula is C39H37BN2S. The molecule has 0 fully saturated rings. The number of fused-ring (bicyclic) bond motifs is 10. The van der Waals surface area contributed by atoms with Crippen LogP contribution in [0.4, 0.5) is 0 Å². The maximum atomic E-state index is 5.43. The summed E-state index contributed by atoms with van der Waals surface area (Å²) in [5, 5.41) is 5.18. The second-order valence-electron chi connectivity index (χ2n) is 14.1. The Morgan fingerprint density at radius 3 is 2.40 bits per heavy atom. The fraction of sp³-hybridized carbons (Fsp3) is 0.256. The summed E-state index contributed by atoms with van der Waals surface area (Å²) < 4.78 is 5.01. The maximum Gasteiger partial charge on any atom is 0.158 e. The van der Waals surface area contributed by atoms with Crippen molar-refractivity contribution in [3.8, 4) is 11.3 Å². The molecule has 7 aromatic rings. The second-order valence-corrected chi connectivity index (χ2v) is 15.2. The third kappa shape index (κ3) is 4.25. The summed E-state index contributed by atoms with van der Waals surface area (Å²) in [4.78, 5) is 5.43. The Hall–Kier alpha value is -3.89. The lowest BCUT2D eigenvalue weighted by Crippen LogP contribution is -2.33. The van der Waals surface area contributed by atoms with Crippen LogP contribution in [0, 0.1) is 10.8 Å². The van der Waals surface area contributed by atoms with Gasteiger partial charge in [-0.1, -0.05) is 113 Å². The van der Waals surface area contributed by atoms with Gasteiger partial charge in [0.1, 0.15) is 0 Å². The van der Waals surface area contributed by atoms with E-state index >= 15 is 0 Å². The molecule has 0 N–H and O–H groups in total. The molecule has 1 aliphatic carbocycles. The summed E-state index contributed by atoms with van der Waals surface area (Å²) in [6, 6.07) is 29.8. The van der Waals surface area contributed by atoms with Crippen molar-refractivity contribution in [2.75, 3.05) is 0 Å². The molecule has 3 heterocycles. The molecule has 0 saturated heterocycles. The first-order chi connectivity index (χ1) is 20.7. The third-order valence-corrected chi connectivity index (χ3v) is 11.6. The lowest BCUT2D eigenvalue weighted by molar-refractivity contribution is 0.157. The predicted octanol–water partition coefficient (Wildman–Crippen LogP) is 10.2. The first kappa shape index (κ1) is 26.7. The molecule has 3 aromatic heterocycles. The van der Waals surface area contributed by atoms with Crippen molar-refractivity contribution in [1.29, 1.82) is 0 Å². The van der Waals surface area contributed by atoms with E-state index < -0.39 is 0 Å². The van der Waals surface area contributed by atoms with Crippen LogP contribution in [0.1, 0.15) is 52.2 Å². The van der Waals surface area contributed by atoms with Crippen LogP contribution in [0.15, 0.2) is 84.9 Å². The Morgan fingerprint density at radius 2 is 1.63 bits per heavy atom. The monoisotopic (exact) mass is 576 g/mol. The zero-order valence-electron chi connectivity index (χ0n) is 25.8. The Balaban J connectivity index is 1.35. The number of nitrogens with zero attached hydrogens (tertiary/aromatic N) is 2. The molecule has 1 aliphatic rings. The normalized spacial score (nSPS) is 14.0. The largest absolute Gasteiger partial charge is 0.291 e. The van der Waals surface area contributed by atoms with Crippen molar-refractivity contribution in [2.45, 2.75) is 53.8 Å². The van der Waals surface area contributed by atoms with Crippen LogP contribution in [-0.2, 0) is 6.42 Å². The van der Waals surface area contributed by atoms with E-state index in [1.54, 1.807) is 0 Å². The van der Waals surface area contributed by atoms with Gasteiger partial charge in [-0.25, -0.2) is 4.98 Å². The van der Waals surface area contributed by atoms with Gasteiger partial charge in [0.2, 0.25) is 0 Å². The number of hydrogen-bond acceptors (Lipinski definition) is 2. The Labute approximate surface area is 258 Å². The Kier molecular flexibility index (Phi) is 5.94. The molecule has 4 heteroatoms. The van der Waals surface area contributed by atoms with Gasteiger partial charge in [-0.15, -0.1) is 11.3 Å². The number of aryl methyl sites for hydroxylation is 1. The van der Waals surface area contributed by atoms with E-state index in [-0.39, 0.29) is 10.8 Å². The van der Waals surface area contributed by atoms with E-state index in [4.69, 9.17) is 4.98 Å². The molecule has 212 valence electrons. The number of hydrogen-bond donors (Lipinski definition) is 0. The van der Waals surface area contributed by atoms with E-state index in [1.165, 1.54) is 70.6 Å². The minimum atomic E-state index is 0.274. The highest BCUT2D eigenvalue weighted by Crippen LogP contribution is 2.43. The van der Waals surface area contributed by atoms with E-state index in [0.29, 0.717) is 0 Å². The van der Waals surface area contributed by atoms with Crippen LogP contribution < -0.4 is 5.46 Å². The lowest BCUT2D eigenvalue weighted by Gasteiger charge is -2.39. The van der Waals surface area contributed by atoms with Crippen LogP contribution >= 0.6 is 11.3 Å². The highest BCUT2D eigenvalue weighted by atomic mass is 32.1. The minimum Gasteiger partial charge on any atom is -0.291 e. The number of allylic oxidation sites excluding steroid dienone is 1. The van der Waals surface area contributed by atoms with Crippen LogP contribution in [0.3, 0.4) is 0 Å². The topological polar surface area (TPSA) is 17.3 Å². The van der Waals surface area contributed by atoms with Gasteiger partial charge in [0.25, 0.3) is 0 Å². The SMILES string of the molecule is CC(C)(C)C(C)(C)CBc1ccc(-c2cc3c4cc5ccccc5cc4sc3c3nc4c5c(ccc4n23)CCC=C5)cc1. The molecule has 0 unspecified atom stereocenters. The average molecular weight is 577 g/mol. The summed E-state index contributed by atoms with van der Waals surface area (Å²) >= 11 is 1.87. The number of pyridine rings is 1. The molecule has 0 saturated carbocycles. The minimum absolute atomic E-state index is 0.274. The van der Waals surface area contributed by atoms with Gasteiger partial charge in [0.15, 0.2) is 12.9 Å². The molecule has 0 amide bonds. The molecule has 8 rings (SSSR count). The quantitative estimate of drug-likeness (QED) is 0.191. The van der Waals surface area contributed by atoms with Gasteiger partial charge < -0.3 is 0 Å². The third-order valence-electron chi connectivity index (χ3n) is 10.5. The number of thiophene rings is 1. The summed E-state index contributed by atoms with van der Waals surface area (Å²) in [5.74, 6) is 0. The number of benzene rings is 4. The van der Waals surface area contributed by atoms with E-state index in [9.17, 15) is 0 Å². The van der Waals surface area contributed by atoms with Gasteiger partial charge in [-0.05, 0) is 69.8 Å². The highest BCUT2D eigenvalue weighted by Gasteiger charge is 2.32. The molecule has 0 bridgehead atoms. The summed E-state index contributed by atoms with van der Waals surface area (Å²) in [7, 11) is 1.09. The van der Waals surface area contributed by atoms with Crippen LogP contribution in [0.5, 0.6) is 0 Å². The van der Waals surface area contributed by atoms with Crippen molar-refractivity contribution < 1.29 is 0 Å². The molecule has 43 heavy (non-hydrogen) atoms. The second kappa shape index (κ2) is 9.56. The summed E-state index contributed by atoms with van der Waals surface area (Å²) in [6.45, 7) is 11.9. The number of aromatic nitrogens is 2. The van der Waals surface area contributed by atoms with Crippen LogP contribution in [0.2, 0.25) is 6.32 Å². The van der Waals surface area contributed by atoms with Crippen molar-refractivity contribution in [2.24, 2.45) is 10.8 Å². The molecule has 0 atom stereocenters. The number of imidazole rings is 1. The molecule has 4 aromatic carbocycles. The fourth-order valence-corrected chi connectivity index (χ4v) is 7.84. The molecule has 2 nitrogen and oxygen atoms in total. The molecular weight excluding hydrogens is 539 g/mol. The predicted molar refractivity (Wildman–Crippen MR) is 191 cm³/mol. The Morgan fingerprint density at radius 1 is 0.860 bits per heavy atom. The first-order valence-electron chi connectivity index (χ1n) is 15.7. The molecule has 0 aliphatic heterocycles. The van der Waals surface area contributed by atoms with Gasteiger partial charge in [-0.3, -0.25) is 4.40 Å². The molecule has 0 spiro atoms. The maximum absolute atomic E-state index is 5.43. The summed E-state index contributed by atoms with van der Waals surface area (Å²) in [5.41, 5.74) is 10.5. The van der Waals surface area contributed by atoms with Crippen LogP contribution in [-0.4, -0.2) is 16.7 Å². The molecule has 0 radical (unpaired) electrons. The van der Waals surface area contributed by atoms with Crippen molar-refractivity contribution in [3.63, 3.8) is 0 Å². The van der Waals surface area contributed by atoms with E-state index in [0.717, 1.165) is 31.3 Å². The number of rotatable bonds is 4. The van der Waals surface area contributed by atoms with Crippen molar-refractivity contribution in [1.82, 2.24) is 9.38 Å².